The minimum atomic E-state index is -3.14. The van der Waals surface area contributed by atoms with E-state index < -0.39 is 20.7 Å². The van der Waals surface area contributed by atoms with Gasteiger partial charge in [-0.05, 0) is 19.9 Å². The summed E-state index contributed by atoms with van der Waals surface area (Å²) in [5, 5.41) is 13.5. The smallest absolute Gasteiger partial charge is 0.153 e. The zero-order valence-electron chi connectivity index (χ0n) is 11.4. The van der Waals surface area contributed by atoms with Gasteiger partial charge in [0.2, 0.25) is 0 Å². The molecule has 0 heterocycles. The molecule has 0 aliphatic rings. The lowest BCUT2D eigenvalue weighted by Crippen LogP contribution is -2.42. The normalized spacial score (nSPS) is 14.4. The average molecular weight is 306 g/mol. The Morgan fingerprint density at radius 2 is 1.95 bits per heavy atom. The van der Waals surface area contributed by atoms with Gasteiger partial charge in [0, 0.05) is 29.9 Å². The van der Waals surface area contributed by atoms with Crippen molar-refractivity contribution in [2.75, 3.05) is 19.3 Å². The van der Waals surface area contributed by atoms with Gasteiger partial charge in [-0.15, -0.1) is 0 Å². The van der Waals surface area contributed by atoms with Gasteiger partial charge in [0.15, 0.2) is 9.84 Å². The molecule has 0 bridgehead atoms. The third-order valence-corrected chi connectivity index (χ3v) is 5.65. The lowest BCUT2D eigenvalue weighted by molar-refractivity contribution is 0.174. The molecule has 0 saturated carbocycles. The van der Waals surface area contributed by atoms with Crippen molar-refractivity contribution in [3.8, 4) is 0 Å². The van der Waals surface area contributed by atoms with E-state index in [4.69, 9.17) is 11.6 Å². The summed E-state index contributed by atoms with van der Waals surface area (Å²) in [5.41, 5.74) is 0.633. The summed E-state index contributed by atoms with van der Waals surface area (Å²) >= 11 is 5.98. The number of halogens is 1. The number of rotatable bonds is 6. The van der Waals surface area contributed by atoms with E-state index in [0.717, 1.165) is 0 Å². The fourth-order valence-electron chi connectivity index (χ4n) is 1.50. The Labute approximate surface area is 119 Å². The number of nitrogens with one attached hydrogen (secondary N) is 1. The minimum Gasteiger partial charge on any atom is -0.387 e. The molecule has 0 aromatic heterocycles. The van der Waals surface area contributed by atoms with Crippen LogP contribution in [0.2, 0.25) is 5.02 Å². The SMILES string of the molecule is CC(C)(CNCC(O)c1ccccc1Cl)S(C)(=O)=O. The summed E-state index contributed by atoms with van der Waals surface area (Å²) in [6.07, 6.45) is 0.447. The zero-order chi connectivity index (χ0) is 14.7. The van der Waals surface area contributed by atoms with E-state index >= 15 is 0 Å². The molecule has 0 radical (unpaired) electrons. The molecule has 0 aliphatic heterocycles. The van der Waals surface area contributed by atoms with E-state index in [2.05, 4.69) is 5.32 Å². The molecule has 108 valence electrons. The van der Waals surface area contributed by atoms with E-state index in [1.54, 1.807) is 38.1 Å². The molecule has 0 aliphatic carbocycles. The predicted octanol–water partition coefficient (Wildman–Crippen LogP) is 1.79. The van der Waals surface area contributed by atoms with Crippen LogP contribution in [-0.2, 0) is 9.84 Å². The first-order valence-electron chi connectivity index (χ1n) is 5.98. The van der Waals surface area contributed by atoms with Crippen molar-refractivity contribution in [2.45, 2.75) is 24.7 Å². The molecule has 0 spiro atoms. The van der Waals surface area contributed by atoms with Crippen LogP contribution >= 0.6 is 11.6 Å². The summed E-state index contributed by atoms with van der Waals surface area (Å²) in [4.78, 5) is 0. The van der Waals surface area contributed by atoms with Crippen molar-refractivity contribution in [1.29, 1.82) is 0 Å². The molecule has 1 unspecified atom stereocenters. The number of aliphatic hydroxyl groups excluding tert-OH is 1. The molecule has 1 rings (SSSR count). The maximum Gasteiger partial charge on any atom is 0.153 e. The van der Waals surface area contributed by atoms with Gasteiger partial charge in [0.1, 0.15) is 0 Å². The van der Waals surface area contributed by atoms with E-state index in [0.29, 0.717) is 10.6 Å². The van der Waals surface area contributed by atoms with Crippen LogP contribution in [0.15, 0.2) is 24.3 Å². The Morgan fingerprint density at radius 3 is 2.47 bits per heavy atom. The van der Waals surface area contributed by atoms with Crippen LogP contribution in [0, 0.1) is 0 Å². The molecule has 1 atom stereocenters. The van der Waals surface area contributed by atoms with Crippen molar-refractivity contribution in [2.24, 2.45) is 0 Å². The molecule has 0 fully saturated rings. The fourth-order valence-corrected chi connectivity index (χ4v) is 2.12. The van der Waals surface area contributed by atoms with E-state index in [1.165, 1.54) is 6.26 Å². The van der Waals surface area contributed by atoms with Gasteiger partial charge in [-0.2, -0.15) is 0 Å². The first-order chi connectivity index (χ1) is 8.65. The molecular weight excluding hydrogens is 286 g/mol. The van der Waals surface area contributed by atoms with E-state index in [9.17, 15) is 13.5 Å². The first kappa shape index (κ1) is 16.4. The van der Waals surface area contributed by atoms with Gasteiger partial charge in [-0.1, -0.05) is 29.8 Å². The number of sulfone groups is 1. The number of aliphatic hydroxyl groups is 1. The Hall–Kier alpha value is -0.620. The molecular formula is C13H20ClNO3S. The third kappa shape index (κ3) is 4.45. The van der Waals surface area contributed by atoms with Crippen LogP contribution in [0.5, 0.6) is 0 Å². The molecule has 0 amide bonds. The highest BCUT2D eigenvalue weighted by atomic mass is 35.5. The zero-order valence-corrected chi connectivity index (χ0v) is 12.9. The monoisotopic (exact) mass is 305 g/mol. The maximum atomic E-state index is 11.5. The summed E-state index contributed by atoms with van der Waals surface area (Å²) in [6.45, 7) is 3.82. The molecule has 2 N–H and O–H groups in total. The second kappa shape index (κ2) is 6.22. The third-order valence-electron chi connectivity index (χ3n) is 3.16. The van der Waals surface area contributed by atoms with Crippen LogP contribution in [0.25, 0.3) is 0 Å². The molecule has 6 heteroatoms. The Balaban J connectivity index is 2.57. The Morgan fingerprint density at radius 1 is 1.37 bits per heavy atom. The summed E-state index contributed by atoms with van der Waals surface area (Å²) in [5.74, 6) is 0. The van der Waals surface area contributed by atoms with Crippen LogP contribution < -0.4 is 5.32 Å². The largest absolute Gasteiger partial charge is 0.387 e. The fraction of sp³-hybridized carbons (Fsp3) is 0.538. The Bertz CT molecular complexity index is 528. The van der Waals surface area contributed by atoms with Gasteiger partial charge in [-0.25, -0.2) is 8.42 Å². The summed E-state index contributed by atoms with van der Waals surface area (Å²) in [6, 6.07) is 7.04. The lowest BCUT2D eigenvalue weighted by Gasteiger charge is -2.24. The van der Waals surface area contributed by atoms with E-state index in [1.807, 2.05) is 0 Å². The topological polar surface area (TPSA) is 66.4 Å². The van der Waals surface area contributed by atoms with Gasteiger partial charge >= 0.3 is 0 Å². The minimum absolute atomic E-state index is 0.253. The summed E-state index contributed by atoms with van der Waals surface area (Å²) in [7, 11) is -3.14. The van der Waals surface area contributed by atoms with Gasteiger partial charge < -0.3 is 10.4 Å². The average Bonchev–Trinajstić information content (AvgIpc) is 2.27. The van der Waals surface area contributed by atoms with Crippen molar-refractivity contribution >= 4 is 21.4 Å². The Kier molecular flexibility index (Phi) is 5.38. The maximum absolute atomic E-state index is 11.5. The van der Waals surface area contributed by atoms with Gasteiger partial charge in [-0.3, -0.25) is 0 Å². The number of hydrogen-bond donors (Lipinski definition) is 2. The summed E-state index contributed by atoms with van der Waals surface area (Å²) < 4.78 is 22.2. The number of benzene rings is 1. The van der Waals surface area contributed by atoms with Crippen molar-refractivity contribution in [3.63, 3.8) is 0 Å². The molecule has 1 aromatic carbocycles. The number of hydrogen-bond acceptors (Lipinski definition) is 4. The van der Waals surface area contributed by atoms with Crippen LogP contribution in [0.1, 0.15) is 25.5 Å². The van der Waals surface area contributed by atoms with Crippen molar-refractivity contribution in [3.05, 3.63) is 34.9 Å². The first-order valence-corrected chi connectivity index (χ1v) is 8.25. The highest BCUT2D eigenvalue weighted by Gasteiger charge is 2.29. The van der Waals surface area contributed by atoms with Crippen LogP contribution in [-0.4, -0.2) is 37.6 Å². The molecule has 0 saturated heterocycles. The van der Waals surface area contributed by atoms with Crippen molar-refractivity contribution in [1.82, 2.24) is 5.32 Å². The predicted molar refractivity (Wildman–Crippen MR) is 78.2 cm³/mol. The van der Waals surface area contributed by atoms with Gasteiger partial charge in [0.25, 0.3) is 0 Å². The van der Waals surface area contributed by atoms with Crippen LogP contribution in [0.3, 0.4) is 0 Å². The van der Waals surface area contributed by atoms with E-state index in [-0.39, 0.29) is 13.1 Å². The second-order valence-corrected chi connectivity index (χ2v) is 8.26. The van der Waals surface area contributed by atoms with Crippen LogP contribution in [0.4, 0.5) is 0 Å². The highest BCUT2D eigenvalue weighted by Crippen LogP contribution is 2.22. The van der Waals surface area contributed by atoms with Crippen molar-refractivity contribution < 1.29 is 13.5 Å². The lowest BCUT2D eigenvalue weighted by atomic mass is 10.1. The molecule has 4 nitrogen and oxygen atoms in total. The van der Waals surface area contributed by atoms with Gasteiger partial charge in [0.05, 0.1) is 10.9 Å². The standard InChI is InChI=1S/C13H20ClNO3S/c1-13(2,19(3,17)18)9-15-8-12(16)10-6-4-5-7-11(10)14/h4-7,12,15-16H,8-9H2,1-3H3. The molecule has 1 aromatic rings. The highest BCUT2D eigenvalue weighted by molar-refractivity contribution is 7.92. The second-order valence-electron chi connectivity index (χ2n) is 5.20. The quantitative estimate of drug-likeness (QED) is 0.841. The molecule has 19 heavy (non-hydrogen) atoms.